The van der Waals surface area contributed by atoms with E-state index >= 15 is 0 Å². The van der Waals surface area contributed by atoms with E-state index in [0.717, 1.165) is 36.7 Å². The number of carbonyl (C=O) groups is 3. The summed E-state index contributed by atoms with van der Waals surface area (Å²) < 4.78 is 40.4. The maximum absolute atomic E-state index is 12.1. The summed E-state index contributed by atoms with van der Waals surface area (Å²) >= 11 is 4.35. The maximum atomic E-state index is 12.1. The quantitative estimate of drug-likeness (QED) is 0.147. The molecule has 15 heteroatoms. The number of hydrogen-bond donors (Lipinski definition) is 2. The third kappa shape index (κ3) is 6.37. The predicted octanol–water partition coefficient (Wildman–Crippen LogP) is 9.76. The number of aliphatic hydroxyl groups is 2. The molecule has 55 heavy (non-hydrogen) atoms. The Morgan fingerprint density at radius 3 is 1.65 bits per heavy atom. The molecule has 8 aromatic rings. The molecule has 2 atom stereocenters. The van der Waals surface area contributed by atoms with Crippen LogP contribution in [-0.2, 0) is 0 Å². The molecule has 1 aliphatic carbocycles. The Morgan fingerprint density at radius 1 is 0.618 bits per heavy atom. The van der Waals surface area contributed by atoms with Crippen LogP contribution in [0.3, 0.4) is 0 Å². The number of rotatable bonds is 7. The molecule has 6 heterocycles. The molecule has 9 rings (SSSR count). The van der Waals surface area contributed by atoms with Gasteiger partial charge >= 0.3 is 0 Å². The summed E-state index contributed by atoms with van der Waals surface area (Å²) in [7, 11) is 6.45. The van der Waals surface area contributed by atoms with Gasteiger partial charge in [-0.3, -0.25) is 14.4 Å². The predicted molar refractivity (Wildman–Crippen MR) is 211 cm³/mol. The zero-order chi connectivity index (χ0) is 39.3. The lowest BCUT2D eigenvalue weighted by atomic mass is 9.95. The Labute approximate surface area is 325 Å². The molecule has 0 amide bonds. The first-order chi connectivity index (χ1) is 26.4. The first-order valence-electron chi connectivity index (χ1n) is 16.7. The number of hydrogen-bond acceptors (Lipinski definition) is 15. The summed E-state index contributed by atoms with van der Waals surface area (Å²) in [6, 6.07) is 10.6. The molecule has 0 spiro atoms. The largest absolute Gasteiger partial charge is 0.495 e. The van der Waals surface area contributed by atoms with Gasteiger partial charge in [-0.25, -0.2) is 0 Å². The lowest BCUT2D eigenvalue weighted by molar-refractivity contribution is 0.0957. The summed E-state index contributed by atoms with van der Waals surface area (Å²) in [6.45, 7) is 4.66. The number of methoxy groups -OCH3 is 4. The Hall–Kier alpha value is -5.45. The molecule has 0 saturated carbocycles. The second-order valence-corrected chi connectivity index (χ2v) is 15.1. The van der Waals surface area contributed by atoms with Gasteiger partial charge in [-0.15, -0.1) is 34.0 Å². The van der Waals surface area contributed by atoms with Crippen molar-refractivity contribution in [2.45, 2.75) is 33.0 Å². The Balaban J connectivity index is 0.000000127. The molecule has 2 N–H and O–H groups in total. The summed E-state index contributed by atoms with van der Waals surface area (Å²) in [5, 5.41) is 28.3. The first-order valence-corrected chi connectivity index (χ1v) is 19.3. The molecule has 2 aromatic carbocycles. The van der Waals surface area contributed by atoms with Gasteiger partial charge in [0.1, 0.15) is 35.2 Å². The standard InChI is InChI=1S/C14H14O4S.C14H12O4S.C12H8O4S/c2*1-7(15)10-6-9-11(16-2)8-4-5-19-14(8)13(17-3)12(9)18-10;1-5(13)8-4-7-9(14)6-2-3-17-12(6)10(15)11(7)16-8/h4-7,15H,1-3H3;4-6H,1-3H3;2-5,13H,1H3. The van der Waals surface area contributed by atoms with Crippen LogP contribution in [0.1, 0.15) is 86.4 Å². The number of aliphatic hydroxyl groups excluding tert-OH is 2. The van der Waals surface area contributed by atoms with E-state index in [-0.39, 0.29) is 34.4 Å². The zero-order valence-corrected chi connectivity index (χ0v) is 33.0. The van der Waals surface area contributed by atoms with E-state index in [1.54, 1.807) is 81.6 Å². The highest BCUT2D eigenvalue weighted by molar-refractivity contribution is 7.18. The lowest BCUT2D eigenvalue weighted by Crippen LogP contribution is -2.16. The molecule has 284 valence electrons. The normalized spacial score (nSPS) is 13.2. The van der Waals surface area contributed by atoms with E-state index in [9.17, 15) is 24.6 Å². The average molecular weight is 803 g/mol. The molecular weight excluding hydrogens is 769 g/mol. The van der Waals surface area contributed by atoms with Gasteiger partial charge in [-0.05, 0) is 66.4 Å². The van der Waals surface area contributed by atoms with Crippen molar-refractivity contribution in [3.05, 3.63) is 91.6 Å². The third-order valence-electron chi connectivity index (χ3n) is 8.92. The van der Waals surface area contributed by atoms with Crippen molar-refractivity contribution in [3.8, 4) is 23.0 Å². The minimum Gasteiger partial charge on any atom is -0.495 e. The Bertz CT molecular complexity index is 2590. The summed E-state index contributed by atoms with van der Waals surface area (Å²) in [6.07, 6.45) is -1.50. The summed E-state index contributed by atoms with van der Waals surface area (Å²) in [5.41, 5.74) is 1.84. The first kappa shape index (κ1) is 37.8. The molecule has 2 unspecified atom stereocenters. The van der Waals surface area contributed by atoms with Crippen LogP contribution in [-0.4, -0.2) is 56.0 Å². The van der Waals surface area contributed by atoms with E-state index in [0.29, 0.717) is 50.4 Å². The molecule has 0 saturated heterocycles. The maximum Gasteiger partial charge on any atom is 0.239 e. The fourth-order valence-electron chi connectivity index (χ4n) is 6.36. The van der Waals surface area contributed by atoms with Crippen LogP contribution in [0.2, 0.25) is 0 Å². The topological polar surface area (TPSA) is 168 Å². The van der Waals surface area contributed by atoms with Gasteiger partial charge in [-0.1, -0.05) is 0 Å². The fourth-order valence-corrected chi connectivity index (χ4v) is 9.01. The number of thiophene rings is 3. The van der Waals surface area contributed by atoms with Crippen molar-refractivity contribution >= 4 is 93.5 Å². The van der Waals surface area contributed by atoms with E-state index in [4.69, 9.17) is 32.2 Å². The summed E-state index contributed by atoms with van der Waals surface area (Å²) in [4.78, 5) is 36.0. The molecule has 0 aliphatic heterocycles. The number of ether oxygens (including phenoxy) is 4. The highest BCUT2D eigenvalue weighted by Crippen LogP contribution is 2.48. The van der Waals surface area contributed by atoms with E-state index in [1.807, 2.05) is 22.9 Å². The monoisotopic (exact) mass is 802 g/mol. The number of benzene rings is 2. The smallest absolute Gasteiger partial charge is 0.239 e. The van der Waals surface area contributed by atoms with Crippen molar-refractivity contribution in [1.29, 1.82) is 0 Å². The fraction of sp³-hybridized carbons (Fsp3) is 0.225. The third-order valence-corrected chi connectivity index (χ3v) is 11.7. The van der Waals surface area contributed by atoms with Gasteiger partial charge in [0.25, 0.3) is 0 Å². The van der Waals surface area contributed by atoms with Crippen molar-refractivity contribution < 1.29 is 56.8 Å². The molecule has 1 aliphatic rings. The Morgan fingerprint density at radius 2 is 1.13 bits per heavy atom. The van der Waals surface area contributed by atoms with Gasteiger partial charge in [0.15, 0.2) is 45.8 Å². The molecule has 0 radical (unpaired) electrons. The minimum atomic E-state index is -0.834. The zero-order valence-electron chi connectivity index (χ0n) is 30.6. The highest BCUT2D eigenvalue weighted by Gasteiger charge is 2.35. The van der Waals surface area contributed by atoms with E-state index in [2.05, 4.69) is 0 Å². The molecular formula is C40H34O12S3. The van der Waals surface area contributed by atoms with Gasteiger partial charge in [-0.2, -0.15) is 0 Å². The molecule has 0 fully saturated rings. The number of fused-ring (bicyclic) bond motifs is 6. The van der Waals surface area contributed by atoms with Crippen molar-refractivity contribution in [2.75, 3.05) is 28.4 Å². The van der Waals surface area contributed by atoms with Crippen LogP contribution in [0, 0.1) is 0 Å². The second kappa shape index (κ2) is 15.0. The summed E-state index contributed by atoms with van der Waals surface area (Å²) in [5.74, 6) is 3.28. The highest BCUT2D eigenvalue weighted by atomic mass is 32.1. The SMILES string of the molecule is CC(O)c1cc2c(o1)C(=O)c1sccc1C2=O.COc1c2cc(C(C)=O)oc2c(OC)c2sccc12.COc1c2cc(C(C)O)oc2c(OC)c2sccc12. The minimum absolute atomic E-state index is 0.0425. The second-order valence-electron chi connectivity index (χ2n) is 12.3. The van der Waals surface area contributed by atoms with Crippen LogP contribution in [0.25, 0.3) is 42.1 Å². The van der Waals surface area contributed by atoms with Crippen LogP contribution in [0.15, 0.2) is 65.8 Å². The molecule has 12 nitrogen and oxygen atoms in total. The average Bonchev–Trinajstić information content (AvgIpc) is 4.01. The van der Waals surface area contributed by atoms with Gasteiger partial charge in [0.05, 0.1) is 59.1 Å². The van der Waals surface area contributed by atoms with Crippen molar-refractivity contribution in [1.82, 2.24) is 0 Å². The van der Waals surface area contributed by atoms with Crippen LogP contribution >= 0.6 is 34.0 Å². The van der Waals surface area contributed by atoms with E-state index < -0.39 is 12.2 Å². The van der Waals surface area contributed by atoms with Crippen LogP contribution in [0.4, 0.5) is 0 Å². The number of ketones is 3. The Kier molecular flexibility index (Phi) is 10.3. The van der Waals surface area contributed by atoms with Crippen molar-refractivity contribution in [2.24, 2.45) is 0 Å². The van der Waals surface area contributed by atoms with E-state index in [1.165, 1.54) is 31.3 Å². The van der Waals surface area contributed by atoms with Gasteiger partial charge < -0.3 is 42.4 Å². The number of Topliss-reactive ketones (excluding diaryl/α,β-unsaturated/α-hetero) is 1. The van der Waals surface area contributed by atoms with Crippen LogP contribution < -0.4 is 18.9 Å². The lowest BCUT2D eigenvalue weighted by Gasteiger charge is -2.07. The molecule has 0 bridgehead atoms. The number of furan rings is 3. The van der Waals surface area contributed by atoms with Gasteiger partial charge in [0, 0.05) is 23.3 Å². The number of carbonyl (C=O) groups excluding carboxylic acids is 3. The van der Waals surface area contributed by atoms with Crippen LogP contribution in [0.5, 0.6) is 23.0 Å². The van der Waals surface area contributed by atoms with Gasteiger partial charge in [0.2, 0.25) is 5.78 Å². The molecule has 6 aromatic heterocycles. The van der Waals surface area contributed by atoms with Crippen molar-refractivity contribution in [3.63, 3.8) is 0 Å².